The van der Waals surface area contributed by atoms with Crippen LogP contribution in [0.5, 0.6) is 0 Å². The van der Waals surface area contributed by atoms with E-state index in [9.17, 15) is 4.79 Å². The Bertz CT molecular complexity index is 362. The van der Waals surface area contributed by atoms with E-state index in [1.165, 1.54) is 25.7 Å². The van der Waals surface area contributed by atoms with E-state index in [0.717, 1.165) is 43.4 Å². The molecular weight excluding hydrogens is 326 g/mol. The molecule has 2 nitrogen and oxygen atoms in total. The van der Waals surface area contributed by atoms with Gasteiger partial charge in [-0.3, -0.25) is 4.79 Å². The van der Waals surface area contributed by atoms with Crippen molar-refractivity contribution in [2.75, 3.05) is 5.33 Å². The highest BCUT2D eigenvalue weighted by Crippen LogP contribution is 2.44. The third-order valence-electron chi connectivity index (χ3n) is 5.57. The van der Waals surface area contributed by atoms with E-state index in [0.29, 0.717) is 11.8 Å². The number of hydrogen-bond acceptors (Lipinski definition) is 1. The maximum absolute atomic E-state index is 13.1. The summed E-state index contributed by atoms with van der Waals surface area (Å²) < 4.78 is 0. The second-order valence-corrected chi connectivity index (χ2v) is 8.72. The number of amides is 1. The number of rotatable bonds is 5. The zero-order chi connectivity index (χ0) is 15.5. The average Bonchev–Trinajstić information content (AvgIpc) is 2.87. The largest absolute Gasteiger partial charge is 0.349 e. The molecule has 2 saturated carbocycles. The molecule has 0 aromatic carbocycles. The van der Waals surface area contributed by atoms with Gasteiger partial charge in [0.15, 0.2) is 0 Å². The van der Waals surface area contributed by atoms with Crippen LogP contribution >= 0.6 is 15.9 Å². The Hall–Kier alpha value is -0.0500. The summed E-state index contributed by atoms with van der Waals surface area (Å²) in [4.78, 5) is 13.1. The van der Waals surface area contributed by atoms with E-state index in [-0.39, 0.29) is 11.0 Å². The number of carbonyl (C=O) groups excluding carboxylic acids is 1. The van der Waals surface area contributed by atoms with E-state index < -0.39 is 0 Å². The zero-order valence-electron chi connectivity index (χ0n) is 14.0. The van der Waals surface area contributed by atoms with Gasteiger partial charge in [-0.2, -0.15) is 0 Å². The molecule has 0 saturated heterocycles. The van der Waals surface area contributed by atoms with Crippen molar-refractivity contribution in [3.05, 3.63) is 0 Å². The Morgan fingerprint density at radius 3 is 2.43 bits per heavy atom. The molecule has 0 spiro atoms. The lowest BCUT2D eigenvalue weighted by atomic mass is 9.74. The van der Waals surface area contributed by atoms with Gasteiger partial charge in [0.1, 0.15) is 0 Å². The fourth-order valence-corrected chi connectivity index (χ4v) is 5.31. The molecule has 122 valence electrons. The Morgan fingerprint density at radius 2 is 1.90 bits per heavy atom. The van der Waals surface area contributed by atoms with Crippen molar-refractivity contribution in [3.8, 4) is 0 Å². The molecule has 21 heavy (non-hydrogen) atoms. The van der Waals surface area contributed by atoms with Crippen LogP contribution in [-0.2, 0) is 4.79 Å². The SMILES string of the molecule is CC(C)CC1(C(=O)NC2(CBr)CCCC(C)C2)CCCC1. The topological polar surface area (TPSA) is 29.1 Å². The molecule has 3 heteroatoms. The minimum Gasteiger partial charge on any atom is -0.349 e. The number of nitrogens with one attached hydrogen (secondary N) is 1. The molecule has 2 aliphatic carbocycles. The summed E-state index contributed by atoms with van der Waals surface area (Å²) in [7, 11) is 0. The lowest BCUT2D eigenvalue weighted by molar-refractivity contribution is -0.134. The first-order valence-electron chi connectivity index (χ1n) is 8.80. The van der Waals surface area contributed by atoms with Gasteiger partial charge in [0.25, 0.3) is 0 Å². The van der Waals surface area contributed by atoms with Gasteiger partial charge in [-0.1, -0.05) is 62.4 Å². The lowest BCUT2D eigenvalue weighted by Crippen LogP contribution is -2.56. The summed E-state index contributed by atoms with van der Waals surface area (Å²) in [6, 6.07) is 0. The van der Waals surface area contributed by atoms with Crippen LogP contribution in [0.1, 0.15) is 78.6 Å². The highest BCUT2D eigenvalue weighted by atomic mass is 79.9. The third kappa shape index (κ3) is 4.03. The van der Waals surface area contributed by atoms with Crippen molar-refractivity contribution >= 4 is 21.8 Å². The zero-order valence-corrected chi connectivity index (χ0v) is 15.6. The van der Waals surface area contributed by atoms with E-state index in [1.54, 1.807) is 0 Å². The first-order valence-corrected chi connectivity index (χ1v) is 9.92. The van der Waals surface area contributed by atoms with Gasteiger partial charge >= 0.3 is 0 Å². The van der Waals surface area contributed by atoms with Gasteiger partial charge in [0, 0.05) is 16.3 Å². The van der Waals surface area contributed by atoms with Gasteiger partial charge in [-0.15, -0.1) is 0 Å². The number of carbonyl (C=O) groups is 1. The second kappa shape index (κ2) is 7.02. The maximum Gasteiger partial charge on any atom is 0.226 e. The summed E-state index contributed by atoms with van der Waals surface area (Å²) in [5.74, 6) is 1.67. The molecule has 1 N–H and O–H groups in total. The van der Waals surface area contributed by atoms with Crippen molar-refractivity contribution in [1.29, 1.82) is 0 Å². The van der Waals surface area contributed by atoms with E-state index in [1.807, 2.05) is 0 Å². The van der Waals surface area contributed by atoms with Crippen molar-refractivity contribution in [3.63, 3.8) is 0 Å². The van der Waals surface area contributed by atoms with Crippen LogP contribution in [0.4, 0.5) is 0 Å². The summed E-state index contributed by atoms with van der Waals surface area (Å²) in [6.07, 6.45) is 10.5. The first-order chi connectivity index (χ1) is 9.91. The van der Waals surface area contributed by atoms with Crippen LogP contribution in [0.15, 0.2) is 0 Å². The molecule has 2 fully saturated rings. The minimum atomic E-state index is -0.0793. The molecule has 1 amide bonds. The quantitative estimate of drug-likeness (QED) is 0.685. The molecule has 0 aliphatic heterocycles. The van der Waals surface area contributed by atoms with Crippen molar-refractivity contribution in [2.45, 2.75) is 84.1 Å². The molecule has 2 rings (SSSR count). The molecule has 0 bridgehead atoms. The monoisotopic (exact) mass is 357 g/mol. The molecule has 0 radical (unpaired) electrons. The molecule has 0 aromatic heterocycles. The van der Waals surface area contributed by atoms with Crippen LogP contribution in [0, 0.1) is 17.3 Å². The third-order valence-corrected chi connectivity index (χ3v) is 6.64. The standard InChI is InChI=1S/C18H32BrNO/c1-14(2)11-17(8-4-5-9-17)16(21)20-18(13-19)10-6-7-15(3)12-18/h14-15H,4-13H2,1-3H3,(H,20,21). The van der Waals surface area contributed by atoms with Gasteiger partial charge < -0.3 is 5.32 Å². The highest BCUT2D eigenvalue weighted by molar-refractivity contribution is 9.09. The van der Waals surface area contributed by atoms with Crippen molar-refractivity contribution < 1.29 is 4.79 Å². The second-order valence-electron chi connectivity index (χ2n) is 8.16. The van der Waals surface area contributed by atoms with Crippen LogP contribution in [0.3, 0.4) is 0 Å². The first kappa shape index (κ1) is 17.3. The summed E-state index contributed by atoms with van der Waals surface area (Å²) in [6.45, 7) is 6.81. The minimum absolute atomic E-state index is 0.00131. The van der Waals surface area contributed by atoms with Gasteiger partial charge in [-0.05, 0) is 43.9 Å². The van der Waals surface area contributed by atoms with Gasteiger partial charge in [0.05, 0.1) is 0 Å². The van der Waals surface area contributed by atoms with Crippen LogP contribution in [-0.4, -0.2) is 16.8 Å². The fourth-order valence-electron chi connectivity index (χ4n) is 4.66. The Morgan fingerprint density at radius 1 is 1.24 bits per heavy atom. The predicted molar refractivity (Wildman–Crippen MR) is 92.7 cm³/mol. The summed E-state index contributed by atoms with van der Waals surface area (Å²) in [5, 5.41) is 4.41. The van der Waals surface area contributed by atoms with Crippen LogP contribution in [0.2, 0.25) is 0 Å². The number of alkyl halides is 1. The molecule has 0 heterocycles. The smallest absolute Gasteiger partial charge is 0.226 e. The van der Waals surface area contributed by atoms with E-state index >= 15 is 0 Å². The highest BCUT2D eigenvalue weighted by Gasteiger charge is 2.45. The predicted octanol–water partition coefficient (Wildman–Crippen LogP) is 5.05. The van der Waals surface area contributed by atoms with Gasteiger partial charge in [-0.25, -0.2) is 0 Å². The molecule has 2 unspecified atom stereocenters. The average molecular weight is 358 g/mol. The van der Waals surface area contributed by atoms with Crippen molar-refractivity contribution in [2.24, 2.45) is 17.3 Å². The number of halogens is 1. The van der Waals surface area contributed by atoms with Gasteiger partial charge in [0.2, 0.25) is 5.91 Å². The molecular formula is C18H32BrNO. The van der Waals surface area contributed by atoms with Crippen LogP contribution < -0.4 is 5.32 Å². The Balaban J connectivity index is 2.10. The molecule has 0 aromatic rings. The summed E-state index contributed by atoms with van der Waals surface area (Å²) >= 11 is 3.69. The normalized spacial score (nSPS) is 32.3. The van der Waals surface area contributed by atoms with E-state index in [4.69, 9.17) is 0 Å². The summed E-state index contributed by atoms with van der Waals surface area (Å²) in [5.41, 5.74) is -0.0780. The molecule has 2 aliphatic rings. The maximum atomic E-state index is 13.1. The fraction of sp³-hybridized carbons (Fsp3) is 0.944. The lowest BCUT2D eigenvalue weighted by Gasteiger charge is -2.42. The Labute approximate surface area is 139 Å². The van der Waals surface area contributed by atoms with Crippen LogP contribution in [0.25, 0.3) is 0 Å². The Kier molecular flexibility index (Phi) is 5.78. The molecule has 2 atom stereocenters. The number of hydrogen-bond donors (Lipinski definition) is 1. The van der Waals surface area contributed by atoms with E-state index in [2.05, 4.69) is 42.0 Å². The van der Waals surface area contributed by atoms with Crippen molar-refractivity contribution in [1.82, 2.24) is 5.32 Å².